The highest BCUT2D eigenvalue weighted by atomic mass is 15.3. The predicted molar refractivity (Wildman–Crippen MR) is 69.6 cm³/mol. The number of anilines is 1. The quantitative estimate of drug-likeness (QED) is 0.638. The SMILES string of the molecule is Cc1cc2nc(N(C)C)c3ccccc3n2n1. The van der Waals surface area contributed by atoms with Crippen LogP contribution in [0.4, 0.5) is 5.82 Å². The third-order valence-corrected chi connectivity index (χ3v) is 2.83. The van der Waals surface area contributed by atoms with Crippen molar-refractivity contribution in [1.29, 1.82) is 0 Å². The number of rotatable bonds is 1. The van der Waals surface area contributed by atoms with Crippen LogP contribution < -0.4 is 4.90 Å². The lowest BCUT2D eigenvalue weighted by Crippen LogP contribution is -2.12. The molecule has 0 aliphatic heterocycles. The van der Waals surface area contributed by atoms with Crippen molar-refractivity contribution >= 4 is 22.4 Å². The van der Waals surface area contributed by atoms with Gasteiger partial charge in [0.05, 0.1) is 11.2 Å². The van der Waals surface area contributed by atoms with Gasteiger partial charge in [-0.1, -0.05) is 12.1 Å². The zero-order valence-corrected chi connectivity index (χ0v) is 10.2. The van der Waals surface area contributed by atoms with E-state index in [-0.39, 0.29) is 0 Å². The minimum atomic E-state index is 0.893. The largest absolute Gasteiger partial charge is 0.362 e. The highest BCUT2D eigenvalue weighted by Gasteiger charge is 2.10. The predicted octanol–water partition coefficient (Wildman–Crippen LogP) is 2.26. The molecule has 0 aliphatic carbocycles. The van der Waals surface area contributed by atoms with Gasteiger partial charge in [-0.25, -0.2) is 9.50 Å². The van der Waals surface area contributed by atoms with Crippen LogP contribution >= 0.6 is 0 Å². The highest BCUT2D eigenvalue weighted by Crippen LogP contribution is 2.24. The van der Waals surface area contributed by atoms with E-state index in [1.165, 1.54) is 0 Å². The van der Waals surface area contributed by atoms with E-state index in [4.69, 9.17) is 0 Å². The maximum absolute atomic E-state index is 4.65. The summed E-state index contributed by atoms with van der Waals surface area (Å²) in [6.07, 6.45) is 0. The summed E-state index contributed by atoms with van der Waals surface area (Å²) in [5.74, 6) is 0.980. The fourth-order valence-corrected chi connectivity index (χ4v) is 2.10. The van der Waals surface area contributed by atoms with Crippen LogP contribution in [0.2, 0.25) is 0 Å². The number of aryl methyl sites for hydroxylation is 1. The third-order valence-electron chi connectivity index (χ3n) is 2.83. The summed E-state index contributed by atoms with van der Waals surface area (Å²) in [7, 11) is 4.02. The molecular formula is C13H14N4. The molecule has 0 bridgehead atoms. The van der Waals surface area contributed by atoms with Crippen LogP contribution in [0.1, 0.15) is 5.69 Å². The average Bonchev–Trinajstić information content (AvgIpc) is 2.68. The lowest BCUT2D eigenvalue weighted by molar-refractivity contribution is 0.949. The van der Waals surface area contributed by atoms with E-state index in [1.807, 2.05) is 48.6 Å². The molecular weight excluding hydrogens is 212 g/mol. The number of hydrogen-bond acceptors (Lipinski definition) is 3. The first kappa shape index (κ1) is 10.1. The van der Waals surface area contributed by atoms with E-state index in [0.717, 1.165) is 28.1 Å². The summed E-state index contributed by atoms with van der Waals surface area (Å²) >= 11 is 0. The first-order valence-electron chi connectivity index (χ1n) is 5.59. The summed E-state index contributed by atoms with van der Waals surface area (Å²) in [5.41, 5.74) is 2.97. The summed E-state index contributed by atoms with van der Waals surface area (Å²) in [6.45, 7) is 1.98. The zero-order valence-electron chi connectivity index (χ0n) is 10.2. The Morgan fingerprint density at radius 3 is 2.71 bits per heavy atom. The fraction of sp³-hybridized carbons (Fsp3) is 0.231. The average molecular weight is 226 g/mol. The van der Waals surface area contributed by atoms with Gasteiger partial charge in [0.2, 0.25) is 0 Å². The van der Waals surface area contributed by atoms with Crippen LogP contribution in [0, 0.1) is 6.92 Å². The van der Waals surface area contributed by atoms with Gasteiger partial charge in [-0.15, -0.1) is 0 Å². The Morgan fingerprint density at radius 2 is 1.94 bits per heavy atom. The highest BCUT2D eigenvalue weighted by molar-refractivity contribution is 5.91. The Bertz CT molecular complexity index is 697. The maximum atomic E-state index is 4.65. The lowest BCUT2D eigenvalue weighted by atomic mass is 10.2. The molecule has 3 aromatic rings. The molecule has 1 aromatic carbocycles. The molecule has 3 rings (SSSR count). The van der Waals surface area contributed by atoms with Gasteiger partial charge in [0.25, 0.3) is 0 Å². The molecule has 0 unspecified atom stereocenters. The van der Waals surface area contributed by atoms with Crippen molar-refractivity contribution in [1.82, 2.24) is 14.6 Å². The van der Waals surface area contributed by atoms with Crippen molar-refractivity contribution in [2.24, 2.45) is 0 Å². The van der Waals surface area contributed by atoms with Gasteiger partial charge >= 0.3 is 0 Å². The van der Waals surface area contributed by atoms with E-state index in [1.54, 1.807) is 0 Å². The minimum Gasteiger partial charge on any atom is -0.362 e. The lowest BCUT2D eigenvalue weighted by Gasteiger charge is -2.14. The van der Waals surface area contributed by atoms with Crippen molar-refractivity contribution in [3.8, 4) is 0 Å². The number of hydrogen-bond donors (Lipinski definition) is 0. The molecule has 17 heavy (non-hydrogen) atoms. The van der Waals surface area contributed by atoms with Gasteiger partial charge in [-0.2, -0.15) is 5.10 Å². The number of nitrogens with zero attached hydrogens (tertiary/aromatic N) is 4. The molecule has 0 saturated heterocycles. The van der Waals surface area contributed by atoms with Gasteiger partial charge in [0.15, 0.2) is 5.65 Å². The minimum absolute atomic E-state index is 0.893. The van der Waals surface area contributed by atoms with Crippen LogP contribution in [0.25, 0.3) is 16.6 Å². The molecule has 0 saturated carbocycles. The molecule has 0 radical (unpaired) electrons. The van der Waals surface area contributed by atoms with Crippen molar-refractivity contribution in [3.05, 3.63) is 36.0 Å². The Hall–Kier alpha value is -2.10. The first-order valence-corrected chi connectivity index (χ1v) is 5.59. The van der Waals surface area contributed by atoms with Crippen LogP contribution in [-0.4, -0.2) is 28.7 Å². The van der Waals surface area contributed by atoms with Crippen molar-refractivity contribution < 1.29 is 0 Å². The topological polar surface area (TPSA) is 33.4 Å². The van der Waals surface area contributed by atoms with E-state index < -0.39 is 0 Å². The summed E-state index contributed by atoms with van der Waals surface area (Å²) in [5, 5.41) is 5.60. The monoisotopic (exact) mass is 226 g/mol. The van der Waals surface area contributed by atoms with E-state index >= 15 is 0 Å². The Balaban J connectivity index is 2.53. The number of para-hydroxylation sites is 1. The van der Waals surface area contributed by atoms with E-state index in [0.29, 0.717) is 0 Å². The second-order valence-corrected chi connectivity index (χ2v) is 4.40. The zero-order chi connectivity index (χ0) is 12.0. The van der Waals surface area contributed by atoms with Gasteiger partial charge in [-0.3, -0.25) is 0 Å². The molecule has 0 aliphatic rings. The Kier molecular flexibility index (Phi) is 2.04. The molecule has 86 valence electrons. The van der Waals surface area contributed by atoms with Gasteiger partial charge in [0, 0.05) is 25.5 Å². The molecule has 0 spiro atoms. The van der Waals surface area contributed by atoms with Crippen LogP contribution in [0.15, 0.2) is 30.3 Å². The Morgan fingerprint density at radius 1 is 1.18 bits per heavy atom. The summed E-state index contributed by atoms with van der Waals surface area (Å²) in [4.78, 5) is 6.68. The summed E-state index contributed by atoms with van der Waals surface area (Å²) < 4.78 is 1.90. The molecule has 0 amide bonds. The molecule has 4 heteroatoms. The van der Waals surface area contributed by atoms with Gasteiger partial charge in [0.1, 0.15) is 5.82 Å². The number of aromatic nitrogens is 3. The normalized spacial score (nSPS) is 11.2. The smallest absolute Gasteiger partial charge is 0.158 e. The molecule has 2 heterocycles. The number of benzene rings is 1. The van der Waals surface area contributed by atoms with E-state index in [9.17, 15) is 0 Å². The first-order chi connectivity index (χ1) is 8.16. The standard InChI is InChI=1S/C13H14N4/c1-9-8-12-14-13(16(2)3)10-6-4-5-7-11(10)17(12)15-9/h4-8H,1-3H3. The van der Waals surface area contributed by atoms with Crippen molar-refractivity contribution in [2.75, 3.05) is 19.0 Å². The Labute approximate surface area is 99.5 Å². The maximum Gasteiger partial charge on any atom is 0.158 e. The fourth-order valence-electron chi connectivity index (χ4n) is 2.10. The second kappa shape index (κ2) is 3.45. The number of fused-ring (bicyclic) bond motifs is 3. The molecule has 2 aromatic heterocycles. The molecule has 0 fully saturated rings. The van der Waals surface area contributed by atoms with Crippen molar-refractivity contribution in [2.45, 2.75) is 6.92 Å². The van der Waals surface area contributed by atoms with E-state index in [2.05, 4.69) is 22.2 Å². The summed E-state index contributed by atoms with van der Waals surface area (Å²) in [6, 6.07) is 10.2. The van der Waals surface area contributed by atoms with Gasteiger partial charge < -0.3 is 4.90 Å². The third kappa shape index (κ3) is 1.45. The van der Waals surface area contributed by atoms with Crippen LogP contribution in [-0.2, 0) is 0 Å². The van der Waals surface area contributed by atoms with Gasteiger partial charge in [-0.05, 0) is 19.1 Å². The molecule has 4 nitrogen and oxygen atoms in total. The molecule has 0 atom stereocenters. The molecule has 0 N–H and O–H groups in total. The van der Waals surface area contributed by atoms with Crippen LogP contribution in [0.5, 0.6) is 0 Å². The van der Waals surface area contributed by atoms with Crippen LogP contribution in [0.3, 0.4) is 0 Å². The van der Waals surface area contributed by atoms with Crippen molar-refractivity contribution in [3.63, 3.8) is 0 Å². The second-order valence-electron chi connectivity index (χ2n) is 4.40.